The largest absolute Gasteiger partial charge is 0.0651 e. The molecule has 3 saturated carbocycles. The Labute approximate surface area is 64.0 Å². The summed E-state index contributed by atoms with van der Waals surface area (Å²) in [5.41, 5.74) is 0.847. The Morgan fingerprint density at radius 3 is 2.60 bits per heavy atom. The van der Waals surface area contributed by atoms with Gasteiger partial charge in [-0.25, -0.2) is 0 Å². The van der Waals surface area contributed by atoms with Crippen molar-refractivity contribution in [3.63, 3.8) is 0 Å². The third-order valence-corrected chi connectivity index (χ3v) is 4.10. The van der Waals surface area contributed by atoms with Gasteiger partial charge in [0.2, 0.25) is 0 Å². The van der Waals surface area contributed by atoms with Gasteiger partial charge in [0.25, 0.3) is 0 Å². The summed E-state index contributed by atoms with van der Waals surface area (Å²) in [5.74, 6) is 2.15. The molecule has 0 heteroatoms. The van der Waals surface area contributed by atoms with Crippen molar-refractivity contribution in [1.29, 1.82) is 0 Å². The van der Waals surface area contributed by atoms with Crippen molar-refractivity contribution >= 4 is 0 Å². The van der Waals surface area contributed by atoms with E-state index in [-0.39, 0.29) is 0 Å². The quantitative estimate of drug-likeness (QED) is 0.549. The van der Waals surface area contributed by atoms with Crippen LogP contribution in [0.2, 0.25) is 0 Å². The van der Waals surface area contributed by atoms with Crippen molar-refractivity contribution in [2.75, 3.05) is 0 Å². The molecule has 1 unspecified atom stereocenters. The predicted molar refractivity (Wildman–Crippen MR) is 43.8 cm³/mol. The van der Waals surface area contributed by atoms with Crippen LogP contribution >= 0.6 is 0 Å². The summed E-state index contributed by atoms with van der Waals surface area (Å²) in [6.45, 7) is 4.78. The summed E-state index contributed by atoms with van der Waals surface area (Å²) < 4.78 is 0. The second-order valence-corrected chi connectivity index (χ2v) is 4.48. The maximum Gasteiger partial charge on any atom is -0.0267 e. The molecule has 0 radical (unpaired) electrons. The molecule has 0 spiro atoms. The SMILES string of the molecule is CCC(C)C12CCC(C1)C2. The highest BCUT2D eigenvalue weighted by Crippen LogP contribution is 2.63. The lowest BCUT2D eigenvalue weighted by molar-refractivity contribution is 0.0696. The lowest BCUT2D eigenvalue weighted by Crippen LogP contribution is -2.33. The highest BCUT2D eigenvalue weighted by atomic mass is 14.6. The highest BCUT2D eigenvalue weighted by molar-refractivity contribution is 5.02. The molecule has 0 aromatic carbocycles. The maximum absolute atomic E-state index is 2.45. The Morgan fingerprint density at radius 2 is 2.20 bits per heavy atom. The van der Waals surface area contributed by atoms with Crippen molar-refractivity contribution in [3.8, 4) is 0 Å². The summed E-state index contributed by atoms with van der Waals surface area (Å²) in [6, 6.07) is 0. The van der Waals surface area contributed by atoms with E-state index in [1.807, 2.05) is 0 Å². The number of rotatable bonds is 2. The molecule has 3 aliphatic carbocycles. The van der Waals surface area contributed by atoms with Gasteiger partial charge in [-0.05, 0) is 42.9 Å². The van der Waals surface area contributed by atoms with Crippen molar-refractivity contribution < 1.29 is 0 Å². The minimum atomic E-state index is 0.847. The Balaban J connectivity index is 2.03. The lowest BCUT2D eigenvalue weighted by atomic mass is 9.62. The molecule has 10 heavy (non-hydrogen) atoms. The topological polar surface area (TPSA) is 0 Å². The van der Waals surface area contributed by atoms with E-state index in [9.17, 15) is 0 Å². The summed E-state index contributed by atoms with van der Waals surface area (Å²) in [5, 5.41) is 0. The molecule has 0 nitrogen and oxygen atoms in total. The van der Waals surface area contributed by atoms with Gasteiger partial charge in [-0.3, -0.25) is 0 Å². The van der Waals surface area contributed by atoms with Gasteiger partial charge in [0, 0.05) is 0 Å². The second kappa shape index (κ2) is 1.99. The van der Waals surface area contributed by atoms with E-state index in [4.69, 9.17) is 0 Å². The van der Waals surface area contributed by atoms with E-state index in [2.05, 4.69) is 13.8 Å². The molecule has 3 rings (SSSR count). The fourth-order valence-electron chi connectivity index (χ4n) is 3.07. The average molecular weight is 138 g/mol. The summed E-state index contributed by atoms with van der Waals surface area (Å²) in [4.78, 5) is 0. The van der Waals surface area contributed by atoms with Crippen molar-refractivity contribution in [1.82, 2.24) is 0 Å². The van der Waals surface area contributed by atoms with Gasteiger partial charge in [-0.1, -0.05) is 20.3 Å². The molecule has 58 valence electrons. The zero-order valence-corrected chi connectivity index (χ0v) is 7.19. The zero-order chi connectivity index (χ0) is 7.19. The van der Waals surface area contributed by atoms with Gasteiger partial charge in [0.1, 0.15) is 0 Å². The lowest BCUT2D eigenvalue weighted by Gasteiger charge is -2.43. The first-order valence-corrected chi connectivity index (χ1v) is 4.77. The summed E-state index contributed by atoms with van der Waals surface area (Å²) in [6.07, 6.45) is 7.63. The van der Waals surface area contributed by atoms with Crippen LogP contribution in [0.3, 0.4) is 0 Å². The van der Waals surface area contributed by atoms with Gasteiger partial charge in [0.15, 0.2) is 0 Å². The van der Waals surface area contributed by atoms with Gasteiger partial charge >= 0.3 is 0 Å². The maximum atomic E-state index is 2.45. The molecule has 0 N–H and O–H groups in total. The van der Waals surface area contributed by atoms with Crippen molar-refractivity contribution in [2.45, 2.75) is 46.0 Å². The number of hydrogen-bond donors (Lipinski definition) is 0. The monoisotopic (exact) mass is 138 g/mol. The van der Waals surface area contributed by atoms with Crippen LogP contribution in [0, 0.1) is 17.3 Å². The fourth-order valence-corrected chi connectivity index (χ4v) is 3.07. The van der Waals surface area contributed by atoms with Crippen molar-refractivity contribution in [3.05, 3.63) is 0 Å². The van der Waals surface area contributed by atoms with Crippen LogP contribution < -0.4 is 0 Å². The smallest absolute Gasteiger partial charge is 0.0267 e. The van der Waals surface area contributed by atoms with E-state index in [0.717, 1.165) is 17.3 Å². The number of hydrogen-bond acceptors (Lipinski definition) is 0. The van der Waals surface area contributed by atoms with Crippen LogP contribution in [-0.4, -0.2) is 0 Å². The molecule has 0 aliphatic heterocycles. The fraction of sp³-hybridized carbons (Fsp3) is 1.00. The standard InChI is InChI=1S/C10H18/c1-3-8(2)10-5-4-9(6-10)7-10/h8-9H,3-7H2,1-2H3. The molecule has 0 aromatic rings. The molecule has 0 aromatic heterocycles. The average Bonchev–Trinajstić information content (AvgIpc) is 2.41. The third kappa shape index (κ3) is 0.681. The van der Waals surface area contributed by atoms with E-state index in [1.165, 1.54) is 6.42 Å². The molecule has 0 amide bonds. The molecule has 3 aliphatic rings. The Bertz CT molecular complexity index is 125. The minimum Gasteiger partial charge on any atom is -0.0651 e. The van der Waals surface area contributed by atoms with Gasteiger partial charge in [0.05, 0.1) is 0 Å². The first-order valence-electron chi connectivity index (χ1n) is 4.77. The number of fused-ring (bicyclic) bond motifs is 1. The van der Waals surface area contributed by atoms with Crippen LogP contribution in [0.5, 0.6) is 0 Å². The molecule has 0 saturated heterocycles. The summed E-state index contributed by atoms with van der Waals surface area (Å²) in [7, 11) is 0. The minimum absolute atomic E-state index is 0.847. The Kier molecular flexibility index (Phi) is 1.33. The Morgan fingerprint density at radius 1 is 1.50 bits per heavy atom. The van der Waals surface area contributed by atoms with E-state index in [0.29, 0.717) is 0 Å². The molecule has 3 fully saturated rings. The van der Waals surface area contributed by atoms with Gasteiger partial charge < -0.3 is 0 Å². The molecular formula is C10H18. The Hall–Kier alpha value is 0. The summed E-state index contributed by atoms with van der Waals surface area (Å²) >= 11 is 0. The molecule has 2 bridgehead atoms. The highest BCUT2D eigenvalue weighted by Gasteiger charge is 2.52. The van der Waals surface area contributed by atoms with E-state index < -0.39 is 0 Å². The van der Waals surface area contributed by atoms with Crippen molar-refractivity contribution in [2.24, 2.45) is 17.3 Å². The molecule has 0 heterocycles. The van der Waals surface area contributed by atoms with E-state index >= 15 is 0 Å². The molecule has 1 atom stereocenters. The zero-order valence-electron chi connectivity index (χ0n) is 7.19. The van der Waals surface area contributed by atoms with Crippen LogP contribution in [0.15, 0.2) is 0 Å². The van der Waals surface area contributed by atoms with Crippen LogP contribution in [-0.2, 0) is 0 Å². The first-order chi connectivity index (χ1) is 4.77. The van der Waals surface area contributed by atoms with Crippen LogP contribution in [0.1, 0.15) is 46.0 Å². The second-order valence-electron chi connectivity index (χ2n) is 4.48. The van der Waals surface area contributed by atoms with Gasteiger partial charge in [-0.2, -0.15) is 0 Å². The first kappa shape index (κ1) is 6.69. The normalized spacial score (nSPS) is 46.8. The van der Waals surface area contributed by atoms with Crippen LogP contribution in [0.25, 0.3) is 0 Å². The predicted octanol–water partition coefficient (Wildman–Crippen LogP) is 3.22. The van der Waals surface area contributed by atoms with Gasteiger partial charge in [-0.15, -0.1) is 0 Å². The van der Waals surface area contributed by atoms with Crippen LogP contribution in [0.4, 0.5) is 0 Å². The molecular weight excluding hydrogens is 120 g/mol. The third-order valence-electron chi connectivity index (χ3n) is 4.10. The van der Waals surface area contributed by atoms with E-state index in [1.54, 1.807) is 25.7 Å².